The second-order valence-electron chi connectivity index (χ2n) is 4.28. The number of carbonyl (C=O) groups is 1. The summed E-state index contributed by atoms with van der Waals surface area (Å²) in [7, 11) is 3.76. The van der Waals surface area contributed by atoms with E-state index in [1.54, 1.807) is 17.5 Å². The highest BCUT2D eigenvalue weighted by Crippen LogP contribution is 2.19. The van der Waals surface area contributed by atoms with Crippen molar-refractivity contribution in [2.45, 2.75) is 12.8 Å². The second kappa shape index (κ2) is 6.29. The fraction of sp³-hybridized carbons (Fsp3) is 0.308. The number of rotatable bonds is 5. The summed E-state index contributed by atoms with van der Waals surface area (Å²) < 4.78 is 0. The van der Waals surface area contributed by atoms with E-state index in [9.17, 15) is 4.79 Å². The Morgan fingerprint density at radius 2 is 2.32 bits per heavy atom. The first-order chi connectivity index (χ1) is 9.16. The zero-order valence-electron chi connectivity index (χ0n) is 11.0. The van der Waals surface area contributed by atoms with E-state index < -0.39 is 0 Å². The molecule has 2 heterocycles. The van der Waals surface area contributed by atoms with E-state index >= 15 is 0 Å². The third-order valence-electron chi connectivity index (χ3n) is 2.57. The number of thiophene rings is 1. The van der Waals surface area contributed by atoms with Gasteiger partial charge in [0.15, 0.2) is 5.82 Å². The zero-order valence-corrected chi connectivity index (χ0v) is 11.8. The van der Waals surface area contributed by atoms with Crippen LogP contribution in [-0.4, -0.2) is 30.0 Å². The van der Waals surface area contributed by atoms with Gasteiger partial charge in [0, 0.05) is 25.4 Å². The van der Waals surface area contributed by atoms with Crippen molar-refractivity contribution < 1.29 is 4.79 Å². The Kier molecular flexibility index (Phi) is 4.46. The van der Waals surface area contributed by atoms with Gasteiger partial charge in [-0.3, -0.25) is 4.79 Å². The summed E-state index contributed by atoms with van der Waals surface area (Å²) in [4.78, 5) is 23.0. The standard InChI is InChI=1S/C13H16N4OS/c1-17(2)13-11(8-14-9-15-13)16-12(18)6-5-10-4-3-7-19-10/h3-4,7-9H,5-6H2,1-2H3,(H,16,18). The third-order valence-corrected chi connectivity index (χ3v) is 3.50. The lowest BCUT2D eigenvalue weighted by Crippen LogP contribution is -2.18. The molecule has 0 radical (unpaired) electrons. The lowest BCUT2D eigenvalue weighted by atomic mass is 10.2. The molecule has 0 spiro atoms. The molecule has 0 saturated carbocycles. The van der Waals surface area contributed by atoms with Gasteiger partial charge in [-0.2, -0.15) is 0 Å². The quantitative estimate of drug-likeness (QED) is 0.909. The molecule has 100 valence electrons. The summed E-state index contributed by atoms with van der Waals surface area (Å²) in [6.07, 6.45) is 4.30. The highest BCUT2D eigenvalue weighted by Gasteiger charge is 2.10. The van der Waals surface area contributed by atoms with Crippen LogP contribution in [0.5, 0.6) is 0 Å². The topological polar surface area (TPSA) is 58.1 Å². The van der Waals surface area contributed by atoms with Crippen LogP contribution in [0.3, 0.4) is 0 Å². The summed E-state index contributed by atoms with van der Waals surface area (Å²) in [5.74, 6) is 0.686. The minimum atomic E-state index is -0.0219. The number of carbonyl (C=O) groups excluding carboxylic acids is 1. The number of anilines is 2. The molecule has 0 aliphatic carbocycles. The fourth-order valence-electron chi connectivity index (χ4n) is 1.67. The molecule has 0 aliphatic rings. The zero-order chi connectivity index (χ0) is 13.7. The largest absolute Gasteiger partial charge is 0.361 e. The molecule has 1 N–H and O–H groups in total. The van der Waals surface area contributed by atoms with E-state index in [1.807, 2.05) is 36.5 Å². The van der Waals surface area contributed by atoms with Gasteiger partial charge in [0.2, 0.25) is 5.91 Å². The number of hydrogen-bond donors (Lipinski definition) is 1. The number of amides is 1. The molecule has 5 nitrogen and oxygen atoms in total. The Bertz CT molecular complexity index is 539. The van der Waals surface area contributed by atoms with Gasteiger partial charge in [-0.25, -0.2) is 9.97 Å². The van der Waals surface area contributed by atoms with Crippen LogP contribution in [0.1, 0.15) is 11.3 Å². The average molecular weight is 276 g/mol. The first kappa shape index (κ1) is 13.5. The minimum absolute atomic E-state index is 0.0219. The smallest absolute Gasteiger partial charge is 0.224 e. The van der Waals surface area contributed by atoms with Gasteiger partial charge in [-0.15, -0.1) is 11.3 Å². The van der Waals surface area contributed by atoms with Crippen molar-refractivity contribution in [1.82, 2.24) is 9.97 Å². The van der Waals surface area contributed by atoms with Gasteiger partial charge in [-0.05, 0) is 17.9 Å². The molecule has 0 unspecified atom stereocenters. The van der Waals surface area contributed by atoms with Crippen molar-refractivity contribution in [2.24, 2.45) is 0 Å². The van der Waals surface area contributed by atoms with Crippen LogP contribution in [0.15, 0.2) is 30.0 Å². The number of aromatic nitrogens is 2. The second-order valence-corrected chi connectivity index (χ2v) is 5.31. The number of nitrogens with one attached hydrogen (secondary N) is 1. The van der Waals surface area contributed by atoms with Gasteiger partial charge in [0.25, 0.3) is 0 Å². The van der Waals surface area contributed by atoms with E-state index in [0.717, 1.165) is 6.42 Å². The Morgan fingerprint density at radius 3 is 3.00 bits per heavy atom. The Hall–Kier alpha value is -1.95. The lowest BCUT2D eigenvalue weighted by molar-refractivity contribution is -0.116. The van der Waals surface area contributed by atoms with Crippen LogP contribution in [0.2, 0.25) is 0 Å². The van der Waals surface area contributed by atoms with Gasteiger partial charge in [0.1, 0.15) is 12.0 Å². The lowest BCUT2D eigenvalue weighted by Gasteiger charge is -2.15. The van der Waals surface area contributed by atoms with Gasteiger partial charge in [0.05, 0.1) is 6.20 Å². The molecule has 2 aromatic heterocycles. The molecule has 0 aliphatic heterocycles. The van der Waals surface area contributed by atoms with Crippen LogP contribution < -0.4 is 10.2 Å². The van der Waals surface area contributed by atoms with E-state index in [-0.39, 0.29) is 5.91 Å². The predicted octanol–water partition coefficient (Wildman–Crippen LogP) is 2.18. The highest BCUT2D eigenvalue weighted by atomic mass is 32.1. The first-order valence-electron chi connectivity index (χ1n) is 5.96. The van der Waals surface area contributed by atoms with E-state index in [0.29, 0.717) is 17.9 Å². The van der Waals surface area contributed by atoms with Crippen LogP contribution in [0.4, 0.5) is 11.5 Å². The molecule has 0 atom stereocenters. The number of hydrogen-bond acceptors (Lipinski definition) is 5. The van der Waals surface area contributed by atoms with Gasteiger partial charge in [-0.1, -0.05) is 6.07 Å². The highest BCUT2D eigenvalue weighted by molar-refractivity contribution is 7.09. The van der Waals surface area contributed by atoms with Crippen molar-refractivity contribution in [1.29, 1.82) is 0 Å². The van der Waals surface area contributed by atoms with Crippen LogP contribution in [-0.2, 0) is 11.2 Å². The Morgan fingerprint density at radius 1 is 1.47 bits per heavy atom. The van der Waals surface area contributed by atoms with Crippen LogP contribution in [0.25, 0.3) is 0 Å². The summed E-state index contributed by atoms with van der Waals surface area (Å²) in [5, 5.41) is 4.87. The Labute approximate surface area is 116 Å². The maximum atomic E-state index is 11.9. The Balaban J connectivity index is 1.95. The molecule has 2 rings (SSSR count). The average Bonchev–Trinajstić information content (AvgIpc) is 2.90. The van der Waals surface area contributed by atoms with Crippen LogP contribution in [0, 0.1) is 0 Å². The van der Waals surface area contributed by atoms with E-state index in [1.165, 1.54) is 11.2 Å². The maximum absolute atomic E-state index is 11.9. The van der Waals surface area contributed by atoms with Crippen molar-refractivity contribution in [2.75, 3.05) is 24.3 Å². The molecular formula is C13H16N4OS. The molecular weight excluding hydrogens is 260 g/mol. The van der Waals surface area contributed by atoms with Crippen LogP contribution >= 0.6 is 11.3 Å². The molecule has 19 heavy (non-hydrogen) atoms. The van der Waals surface area contributed by atoms with E-state index in [4.69, 9.17) is 0 Å². The normalized spacial score (nSPS) is 10.2. The fourth-order valence-corrected chi connectivity index (χ4v) is 2.38. The number of aryl methyl sites for hydroxylation is 1. The summed E-state index contributed by atoms with van der Waals surface area (Å²) in [6, 6.07) is 4.03. The molecule has 0 fully saturated rings. The molecule has 2 aromatic rings. The van der Waals surface area contributed by atoms with Crippen molar-refractivity contribution in [3.05, 3.63) is 34.9 Å². The number of nitrogens with zero attached hydrogens (tertiary/aromatic N) is 3. The third kappa shape index (κ3) is 3.75. The molecule has 6 heteroatoms. The SMILES string of the molecule is CN(C)c1ncncc1NC(=O)CCc1cccs1. The molecule has 1 amide bonds. The maximum Gasteiger partial charge on any atom is 0.224 e. The molecule has 0 saturated heterocycles. The monoisotopic (exact) mass is 276 g/mol. The van der Waals surface area contributed by atoms with E-state index in [2.05, 4.69) is 15.3 Å². The van der Waals surface area contributed by atoms with Crippen molar-refractivity contribution in [3.63, 3.8) is 0 Å². The molecule has 0 aromatic carbocycles. The first-order valence-corrected chi connectivity index (χ1v) is 6.84. The van der Waals surface area contributed by atoms with Crippen molar-refractivity contribution in [3.8, 4) is 0 Å². The van der Waals surface area contributed by atoms with Gasteiger partial charge < -0.3 is 10.2 Å². The predicted molar refractivity (Wildman–Crippen MR) is 77.6 cm³/mol. The van der Waals surface area contributed by atoms with Gasteiger partial charge >= 0.3 is 0 Å². The minimum Gasteiger partial charge on any atom is -0.361 e. The summed E-state index contributed by atoms with van der Waals surface area (Å²) >= 11 is 1.67. The summed E-state index contributed by atoms with van der Waals surface area (Å²) in [5.41, 5.74) is 0.642. The summed E-state index contributed by atoms with van der Waals surface area (Å²) in [6.45, 7) is 0. The molecule has 0 bridgehead atoms. The van der Waals surface area contributed by atoms with Crippen molar-refractivity contribution >= 4 is 28.7 Å².